The van der Waals surface area contributed by atoms with Gasteiger partial charge in [0.25, 0.3) is 0 Å². The van der Waals surface area contributed by atoms with Gasteiger partial charge < -0.3 is 10.5 Å². The smallest absolute Gasteiger partial charge is 0.305 e. The van der Waals surface area contributed by atoms with E-state index < -0.39 is 0 Å². The molecule has 0 saturated heterocycles. The number of esters is 1. The molecule has 0 spiro atoms. The van der Waals surface area contributed by atoms with Crippen LogP contribution in [0, 0.1) is 0 Å². The van der Waals surface area contributed by atoms with Gasteiger partial charge in [-0.15, -0.1) is 0 Å². The number of rotatable bonds is 6. The molecule has 0 aliphatic rings. The maximum Gasteiger partial charge on any atom is 0.305 e. The fraction of sp³-hybridized carbons (Fsp3) is 0.667. The third kappa shape index (κ3) is 4.55. The van der Waals surface area contributed by atoms with Crippen LogP contribution in [0.5, 0.6) is 0 Å². The number of ether oxygens (including phenoxy) is 1. The molecular formula is C9H16N4O2. The van der Waals surface area contributed by atoms with Gasteiger partial charge in [-0.25, -0.2) is 4.98 Å². The van der Waals surface area contributed by atoms with Gasteiger partial charge in [0.05, 0.1) is 7.11 Å². The minimum atomic E-state index is -0.216. The van der Waals surface area contributed by atoms with Gasteiger partial charge in [-0.3, -0.25) is 9.48 Å². The second-order valence-electron chi connectivity index (χ2n) is 3.32. The van der Waals surface area contributed by atoms with Gasteiger partial charge in [0.15, 0.2) is 0 Å². The summed E-state index contributed by atoms with van der Waals surface area (Å²) in [5.41, 5.74) is 5.82. The van der Waals surface area contributed by atoms with E-state index in [9.17, 15) is 4.79 Å². The molecule has 0 saturated carbocycles. The number of carbonyl (C=O) groups is 1. The van der Waals surface area contributed by atoms with Crippen molar-refractivity contribution in [3.05, 3.63) is 12.7 Å². The number of aryl methyl sites for hydroxylation is 1. The van der Waals surface area contributed by atoms with Crippen LogP contribution in [0.4, 0.5) is 0 Å². The van der Waals surface area contributed by atoms with Crippen molar-refractivity contribution in [2.75, 3.05) is 7.11 Å². The second kappa shape index (κ2) is 6.13. The molecule has 1 atom stereocenters. The van der Waals surface area contributed by atoms with E-state index in [0.29, 0.717) is 12.8 Å². The normalized spacial score (nSPS) is 12.4. The standard InChI is InChI=1S/C9H16N4O2/c1-15-9(14)3-2-8(10)4-5-13-7-11-6-12-13/h6-8H,2-5,10H2,1H3. The molecule has 1 heterocycles. The highest BCUT2D eigenvalue weighted by Gasteiger charge is 2.07. The number of methoxy groups -OCH3 is 1. The lowest BCUT2D eigenvalue weighted by Gasteiger charge is -2.09. The summed E-state index contributed by atoms with van der Waals surface area (Å²) >= 11 is 0. The summed E-state index contributed by atoms with van der Waals surface area (Å²) in [4.78, 5) is 14.7. The van der Waals surface area contributed by atoms with Crippen LogP contribution in [0.25, 0.3) is 0 Å². The third-order valence-corrected chi connectivity index (χ3v) is 2.14. The second-order valence-corrected chi connectivity index (χ2v) is 3.32. The highest BCUT2D eigenvalue weighted by molar-refractivity contribution is 5.69. The molecule has 1 aromatic rings. The van der Waals surface area contributed by atoms with E-state index in [2.05, 4.69) is 14.8 Å². The first-order valence-corrected chi connectivity index (χ1v) is 4.87. The molecule has 0 radical (unpaired) electrons. The minimum absolute atomic E-state index is 0.00620. The predicted molar refractivity (Wildman–Crippen MR) is 53.9 cm³/mol. The quantitative estimate of drug-likeness (QED) is 0.668. The molecule has 1 unspecified atom stereocenters. The lowest BCUT2D eigenvalue weighted by atomic mass is 10.1. The van der Waals surface area contributed by atoms with Crippen molar-refractivity contribution in [1.29, 1.82) is 0 Å². The zero-order chi connectivity index (χ0) is 11.1. The highest BCUT2D eigenvalue weighted by Crippen LogP contribution is 2.01. The zero-order valence-electron chi connectivity index (χ0n) is 8.80. The molecule has 0 bridgehead atoms. The SMILES string of the molecule is COC(=O)CCC(N)CCn1cncn1. The van der Waals surface area contributed by atoms with Crippen molar-refractivity contribution in [3.8, 4) is 0 Å². The largest absolute Gasteiger partial charge is 0.469 e. The lowest BCUT2D eigenvalue weighted by Crippen LogP contribution is -2.23. The molecule has 0 fully saturated rings. The van der Waals surface area contributed by atoms with Gasteiger partial charge >= 0.3 is 5.97 Å². The molecule has 0 aromatic carbocycles. The van der Waals surface area contributed by atoms with Crippen LogP contribution in [0.3, 0.4) is 0 Å². The molecule has 6 heteroatoms. The molecule has 0 aliphatic heterocycles. The van der Waals surface area contributed by atoms with Crippen molar-refractivity contribution < 1.29 is 9.53 Å². The first-order chi connectivity index (χ1) is 7.22. The summed E-state index contributed by atoms with van der Waals surface area (Å²) in [6, 6.07) is -0.00620. The summed E-state index contributed by atoms with van der Waals surface area (Å²) < 4.78 is 6.25. The van der Waals surface area contributed by atoms with E-state index in [-0.39, 0.29) is 12.0 Å². The fourth-order valence-electron chi connectivity index (χ4n) is 1.20. The van der Waals surface area contributed by atoms with Gasteiger partial charge in [0.2, 0.25) is 0 Å². The van der Waals surface area contributed by atoms with Gasteiger partial charge in [-0.1, -0.05) is 0 Å². The van der Waals surface area contributed by atoms with Crippen LogP contribution in [-0.4, -0.2) is 33.9 Å². The first-order valence-electron chi connectivity index (χ1n) is 4.87. The molecule has 0 amide bonds. The molecule has 6 nitrogen and oxygen atoms in total. The van der Waals surface area contributed by atoms with Gasteiger partial charge in [0.1, 0.15) is 12.7 Å². The van der Waals surface area contributed by atoms with Crippen LogP contribution < -0.4 is 5.73 Å². The van der Waals surface area contributed by atoms with Crippen LogP contribution in [0.1, 0.15) is 19.3 Å². The van der Waals surface area contributed by atoms with E-state index in [1.807, 2.05) is 0 Å². The Hall–Kier alpha value is -1.43. The minimum Gasteiger partial charge on any atom is -0.469 e. The summed E-state index contributed by atoms with van der Waals surface area (Å²) in [5.74, 6) is -0.216. The van der Waals surface area contributed by atoms with E-state index >= 15 is 0 Å². The Morgan fingerprint density at radius 1 is 1.60 bits per heavy atom. The van der Waals surface area contributed by atoms with Crippen molar-refractivity contribution >= 4 is 5.97 Å². The van der Waals surface area contributed by atoms with E-state index in [0.717, 1.165) is 13.0 Å². The average Bonchev–Trinajstić information content (AvgIpc) is 2.75. The van der Waals surface area contributed by atoms with Crippen molar-refractivity contribution in [3.63, 3.8) is 0 Å². The Morgan fingerprint density at radius 3 is 3.00 bits per heavy atom. The molecule has 2 N–H and O–H groups in total. The number of nitrogens with two attached hydrogens (primary N) is 1. The summed E-state index contributed by atoms with van der Waals surface area (Å²) in [6.07, 6.45) is 4.92. The first kappa shape index (κ1) is 11.6. The Morgan fingerprint density at radius 2 is 2.40 bits per heavy atom. The van der Waals surface area contributed by atoms with Crippen LogP contribution in [-0.2, 0) is 16.1 Å². The van der Waals surface area contributed by atoms with Gasteiger partial charge in [-0.2, -0.15) is 5.10 Å². The maximum absolute atomic E-state index is 10.8. The van der Waals surface area contributed by atoms with E-state index in [4.69, 9.17) is 5.73 Å². The summed E-state index contributed by atoms with van der Waals surface area (Å²) in [6.45, 7) is 0.725. The van der Waals surface area contributed by atoms with Crippen molar-refractivity contribution in [2.45, 2.75) is 31.8 Å². The van der Waals surface area contributed by atoms with Crippen molar-refractivity contribution in [2.24, 2.45) is 5.73 Å². The third-order valence-electron chi connectivity index (χ3n) is 2.14. The van der Waals surface area contributed by atoms with Gasteiger partial charge in [0, 0.05) is 19.0 Å². The molecule has 1 aromatic heterocycles. The summed E-state index contributed by atoms with van der Waals surface area (Å²) in [7, 11) is 1.38. The molecular weight excluding hydrogens is 196 g/mol. The van der Waals surface area contributed by atoms with Crippen LogP contribution >= 0.6 is 0 Å². The molecule has 84 valence electrons. The Balaban J connectivity index is 2.13. The van der Waals surface area contributed by atoms with Gasteiger partial charge in [-0.05, 0) is 12.8 Å². The maximum atomic E-state index is 10.8. The van der Waals surface area contributed by atoms with Crippen molar-refractivity contribution in [1.82, 2.24) is 14.8 Å². The highest BCUT2D eigenvalue weighted by atomic mass is 16.5. The predicted octanol–water partition coefficient (Wildman–Crippen LogP) is -0.0513. The number of hydrogen-bond acceptors (Lipinski definition) is 5. The molecule has 1 rings (SSSR count). The molecule has 15 heavy (non-hydrogen) atoms. The van der Waals surface area contributed by atoms with Crippen LogP contribution in [0.15, 0.2) is 12.7 Å². The average molecular weight is 212 g/mol. The number of carbonyl (C=O) groups excluding carboxylic acids is 1. The monoisotopic (exact) mass is 212 g/mol. The number of hydrogen-bond donors (Lipinski definition) is 1. The Bertz CT molecular complexity index is 286. The zero-order valence-corrected chi connectivity index (χ0v) is 8.80. The molecule has 0 aliphatic carbocycles. The fourth-order valence-corrected chi connectivity index (χ4v) is 1.20. The Labute approximate surface area is 88.4 Å². The van der Waals surface area contributed by atoms with E-state index in [1.54, 1.807) is 11.0 Å². The van der Waals surface area contributed by atoms with Crippen LogP contribution in [0.2, 0.25) is 0 Å². The number of aromatic nitrogens is 3. The number of nitrogens with zero attached hydrogens (tertiary/aromatic N) is 3. The lowest BCUT2D eigenvalue weighted by molar-refractivity contribution is -0.140. The Kier molecular flexibility index (Phi) is 4.76. The topological polar surface area (TPSA) is 83.0 Å². The summed E-state index contributed by atoms with van der Waals surface area (Å²) in [5, 5.41) is 3.96. The van der Waals surface area contributed by atoms with E-state index in [1.165, 1.54) is 13.4 Å².